The molecule has 0 aliphatic rings. The average molecular weight is 465 g/mol. The van der Waals surface area contributed by atoms with Gasteiger partial charge in [-0.1, -0.05) is 42.1 Å². The van der Waals surface area contributed by atoms with Gasteiger partial charge in [0, 0.05) is 31.3 Å². The number of nitrogens with zero attached hydrogens (tertiary/aromatic N) is 4. The summed E-state index contributed by atoms with van der Waals surface area (Å²) in [5.41, 5.74) is 0.701. The highest BCUT2D eigenvalue weighted by Crippen LogP contribution is 2.23. The molecule has 4 aromatic rings. The van der Waals surface area contributed by atoms with E-state index in [0.29, 0.717) is 23.7 Å². The number of aryl methyl sites for hydroxylation is 3. The molecule has 168 valence electrons. The molecule has 2 aromatic carbocycles. The van der Waals surface area contributed by atoms with Gasteiger partial charge in [0.15, 0.2) is 22.1 Å². The van der Waals surface area contributed by atoms with Gasteiger partial charge in [-0.05, 0) is 24.1 Å². The highest BCUT2D eigenvalue weighted by atomic mass is 32.2. The van der Waals surface area contributed by atoms with Gasteiger partial charge in [-0.3, -0.25) is 29.3 Å². The van der Waals surface area contributed by atoms with Crippen LogP contribution in [0.2, 0.25) is 0 Å². The zero-order valence-corrected chi connectivity index (χ0v) is 18.4. The van der Waals surface area contributed by atoms with Crippen LogP contribution in [0.25, 0.3) is 11.2 Å². The molecule has 0 aliphatic heterocycles. The number of hydrogen-bond acceptors (Lipinski definition) is 7. The Labute approximate surface area is 191 Å². The summed E-state index contributed by atoms with van der Waals surface area (Å²) >= 11 is 1.14. The van der Waals surface area contributed by atoms with Gasteiger partial charge in [-0.2, -0.15) is 0 Å². The number of rotatable bonds is 8. The molecule has 2 heterocycles. The van der Waals surface area contributed by atoms with E-state index in [-0.39, 0.29) is 28.4 Å². The summed E-state index contributed by atoms with van der Waals surface area (Å²) in [5.74, 6) is -0.224. The first-order chi connectivity index (χ1) is 15.8. The molecule has 0 spiro atoms. The van der Waals surface area contributed by atoms with Crippen LogP contribution in [0.5, 0.6) is 0 Å². The molecule has 0 radical (unpaired) electrons. The minimum absolute atomic E-state index is 0.0122. The number of aromatic nitrogens is 4. The number of nitro groups is 1. The van der Waals surface area contributed by atoms with Crippen molar-refractivity contribution in [2.45, 2.75) is 18.1 Å². The fourth-order valence-corrected chi connectivity index (χ4v) is 4.32. The molecule has 1 N–H and O–H groups in total. The number of nitrogens with one attached hydrogen (secondary N) is 1. The highest BCUT2D eigenvalue weighted by molar-refractivity contribution is 7.99. The van der Waals surface area contributed by atoms with Gasteiger partial charge in [0.05, 0.1) is 10.7 Å². The van der Waals surface area contributed by atoms with Gasteiger partial charge in [0.1, 0.15) is 0 Å². The topological polar surface area (TPSA) is 133 Å². The lowest BCUT2D eigenvalue weighted by atomic mass is 10.1. The van der Waals surface area contributed by atoms with Gasteiger partial charge in [-0.25, -0.2) is 9.78 Å². The predicted molar refractivity (Wildman–Crippen MR) is 124 cm³/mol. The van der Waals surface area contributed by atoms with Crippen LogP contribution in [0.1, 0.15) is 15.9 Å². The lowest BCUT2D eigenvalue weighted by Gasteiger charge is -2.08. The monoisotopic (exact) mass is 465 g/mol. The number of non-ortho nitro benzene ring substituents is 1. The second-order valence-corrected chi connectivity index (χ2v) is 8.23. The number of thioether (sulfide) groups is 1. The maximum atomic E-state index is 12.6. The van der Waals surface area contributed by atoms with Crippen molar-refractivity contribution in [1.29, 1.82) is 0 Å². The smallest absolute Gasteiger partial charge is 0.313 e. The molecular weight excluding hydrogens is 446 g/mol. The van der Waals surface area contributed by atoms with Crippen LogP contribution in [-0.4, -0.2) is 35.6 Å². The maximum Gasteiger partial charge on any atom is 0.329 e. The van der Waals surface area contributed by atoms with Gasteiger partial charge in [-0.15, -0.1) is 0 Å². The maximum absolute atomic E-state index is 12.6. The third-order valence-electron chi connectivity index (χ3n) is 5.17. The van der Waals surface area contributed by atoms with E-state index in [0.717, 1.165) is 17.3 Å². The van der Waals surface area contributed by atoms with Crippen LogP contribution in [0.4, 0.5) is 5.69 Å². The second-order valence-electron chi connectivity index (χ2n) is 7.29. The van der Waals surface area contributed by atoms with Crippen molar-refractivity contribution in [2.24, 2.45) is 7.05 Å². The molecule has 10 nitrogen and oxygen atoms in total. The standard InChI is InChI=1S/C22H19N5O5S/c1-25-19-18(20(29)24-21(25)30)26(12-11-14-5-3-2-4-6-14)22(23-19)33-13-17(28)15-7-9-16(10-8-15)27(31)32/h2-10H,11-13H2,1H3,(H,24,29,30). The van der Waals surface area contributed by atoms with Crippen molar-refractivity contribution in [2.75, 3.05) is 5.75 Å². The van der Waals surface area contributed by atoms with Crippen molar-refractivity contribution in [3.8, 4) is 0 Å². The Morgan fingerprint density at radius 2 is 1.82 bits per heavy atom. The number of H-pyrrole nitrogens is 1. The van der Waals surface area contributed by atoms with Gasteiger partial charge < -0.3 is 4.57 Å². The zero-order chi connectivity index (χ0) is 23.5. The van der Waals surface area contributed by atoms with Crippen molar-refractivity contribution in [3.05, 3.63) is 96.7 Å². The van der Waals surface area contributed by atoms with Crippen LogP contribution in [0, 0.1) is 10.1 Å². The molecule has 0 fully saturated rings. The Kier molecular flexibility index (Phi) is 6.22. The largest absolute Gasteiger partial charge is 0.329 e. The molecule has 11 heteroatoms. The van der Waals surface area contributed by atoms with E-state index in [4.69, 9.17) is 0 Å². The van der Waals surface area contributed by atoms with E-state index in [9.17, 15) is 24.5 Å². The molecule has 0 aliphatic carbocycles. The number of carbonyl (C=O) groups excluding carboxylic acids is 1. The molecule has 0 amide bonds. The normalized spacial score (nSPS) is 11.1. The number of benzene rings is 2. The lowest BCUT2D eigenvalue weighted by Crippen LogP contribution is -2.29. The van der Waals surface area contributed by atoms with E-state index in [1.807, 2.05) is 30.3 Å². The quantitative estimate of drug-likeness (QED) is 0.183. The fourth-order valence-electron chi connectivity index (χ4n) is 3.40. The predicted octanol–water partition coefficient (Wildman–Crippen LogP) is 2.55. The van der Waals surface area contributed by atoms with Crippen molar-refractivity contribution < 1.29 is 9.72 Å². The number of hydrogen-bond donors (Lipinski definition) is 1. The SMILES string of the molecule is Cn1c(=O)[nH]c(=O)c2c1nc(SCC(=O)c1ccc([N+](=O)[O-])cc1)n2CCc1ccccc1. The molecule has 2 aromatic heterocycles. The number of ketones is 1. The number of Topliss-reactive ketones (excluding diaryl/α,β-unsaturated/α-hetero) is 1. The van der Waals surface area contributed by atoms with Gasteiger partial charge >= 0.3 is 5.69 Å². The van der Waals surface area contributed by atoms with E-state index in [2.05, 4.69) is 9.97 Å². The third kappa shape index (κ3) is 4.62. The van der Waals surface area contributed by atoms with Crippen LogP contribution in [-0.2, 0) is 20.0 Å². The first-order valence-electron chi connectivity index (χ1n) is 9.99. The Morgan fingerprint density at radius 1 is 1.12 bits per heavy atom. The number of fused-ring (bicyclic) bond motifs is 1. The first-order valence-corrected chi connectivity index (χ1v) is 11.0. The highest BCUT2D eigenvalue weighted by Gasteiger charge is 2.19. The Balaban J connectivity index is 1.64. The Hall–Kier alpha value is -3.99. The van der Waals surface area contributed by atoms with Crippen molar-refractivity contribution in [1.82, 2.24) is 19.1 Å². The number of imidazole rings is 1. The number of aromatic amines is 1. The molecule has 33 heavy (non-hydrogen) atoms. The fraction of sp³-hybridized carbons (Fsp3) is 0.182. The van der Waals surface area contributed by atoms with Gasteiger partial charge in [0.25, 0.3) is 11.2 Å². The summed E-state index contributed by atoms with van der Waals surface area (Å²) in [6, 6.07) is 15.1. The van der Waals surface area contributed by atoms with E-state index in [1.165, 1.54) is 35.9 Å². The number of carbonyl (C=O) groups is 1. The van der Waals surface area contributed by atoms with Crippen molar-refractivity contribution >= 4 is 34.4 Å². The summed E-state index contributed by atoms with van der Waals surface area (Å²) in [5, 5.41) is 11.2. The van der Waals surface area contributed by atoms with Crippen LogP contribution in [0.15, 0.2) is 69.3 Å². The Bertz CT molecular complexity index is 1460. The average Bonchev–Trinajstić information content (AvgIpc) is 3.19. The van der Waals surface area contributed by atoms with Gasteiger partial charge in [0.2, 0.25) is 0 Å². The van der Waals surface area contributed by atoms with E-state index >= 15 is 0 Å². The first kappa shape index (κ1) is 22.2. The number of nitro benzene ring substituents is 1. The van der Waals surface area contributed by atoms with Crippen LogP contribution in [0.3, 0.4) is 0 Å². The second kappa shape index (κ2) is 9.25. The molecule has 0 saturated carbocycles. The minimum atomic E-state index is -0.571. The summed E-state index contributed by atoms with van der Waals surface area (Å²) in [6.45, 7) is 0.426. The zero-order valence-electron chi connectivity index (χ0n) is 17.6. The third-order valence-corrected chi connectivity index (χ3v) is 6.15. The van der Waals surface area contributed by atoms with E-state index in [1.54, 1.807) is 4.57 Å². The summed E-state index contributed by atoms with van der Waals surface area (Å²) in [4.78, 5) is 54.3. The minimum Gasteiger partial charge on any atom is -0.313 e. The molecule has 0 bridgehead atoms. The molecular formula is C22H19N5O5S. The summed E-state index contributed by atoms with van der Waals surface area (Å²) in [7, 11) is 1.52. The molecule has 4 rings (SSSR count). The lowest BCUT2D eigenvalue weighted by molar-refractivity contribution is -0.384. The molecule has 0 atom stereocenters. The van der Waals surface area contributed by atoms with Crippen LogP contribution >= 0.6 is 11.8 Å². The van der Waals surface area contributed by atoms with E-state index < -0.39 is 16.2 Å². The summed E-state index contributed by atoms with van der Waals surface area (Å²) < 4.78 is 2.98. The molecule has 0 saturated heterocycles. The summed E-state index contributed by atoms with van der Waals surface area (Å²) in [6.07, 6.45) is 0.623. The van der Waals surface area contributed by atoms with Crippen molar-refractivity contribution in [3.63, 3.8) is 0 Å². The Morgan fingerprint density at radius 3 is 2.48 bits per heavy atom. The van der Waals surface area contributed by atoms with Crippen LogP contribution < -0.4 is 11.2 Å². The molecule has 0 unspecified atom stereocenters.